The molecule has 212 valence electrons. The minimum atomic E-state index is -0.857. The third-order valence-electron chi connectivity index (χ3n) is 7.54. The number of benzene rings is 2. The Morgan fingerprint density at radius 1 is 1.12 bits per heavy atom. The van der Waals surface area contributed by atoms with Crippen LogP contribution in [0.1, 0.15) is 33.6 Å². The Labute approximate surface area is 243 Å². The molecule has 1 atom stereocenters. The summed E-state index contributed by atoms with van der Waals surface area (Å²) in [6, 6.07) is 12.1. The van der Waals surface area contributed by atoms with Gasteiger partial charge in [-0.25, -0.2) is 4.98 Å². The number of H-pyrrole nitrogens is 2. The van der Waals surface area contributed by atoms with Gasteiger partial charge in [0.2, 0.25) is 0 Å². The molecule has 12 heteroatoms. The molecule has 41 heavy (non-hydrogen) atoms. The smallest absolute Gasteiger partial charge is 0.261 e. The van der Waals surface area contributed by atoms with Crippen LogP contribution in [0.5, 0.6) is 5.75 Å². The number of ether oxygens (including phenoxy) is 1. The average molecular weight is 621 g/mol. The van der Waals surface area contributed by atoms with E-state index in [2.05, 4.69) is 41.1 Å². The molecule has 2 aromatic heterocycles. The van der Waals surface area contributed by atoms with Crippen LogP contribution in [0.3, 0.4) is 0 Å². The molecule has 2 aliphatic rings. The van der Waals surface area contributed by atoms with Gasteiger partial charge in [0.15, 0.2) is 0 Å². The first-order valence-corrected chi connectivity index (χ1v) is 14.2. The summed E-state index contributed by atoms with van der Waals surface area (Å²) in [5.74, 6) is 0.303. The van der Waals surface area contributed by atoms with E-state index in [1.54, 1.807) is 30.3 Å². The molecule has 0 radical (unpaired) electrons. The molecule has 1 saturated heterocycles. The van der Waals surface area contributed by atoms with Crippen LogP contribution in [0.2, 0.25) is 0 Å². The van der Waals surface area contributed by atoms with Crippen molar-refractivity contribution in [1.29, 1.82) is 0 Å². The number of hydrogen-bond acceptors (Lipinski definition) is 8. The van der Waals surface area contributed by atoms with Gasteiger partial charge in [0.05, 0.1) is 27.8 Å². The van der Waals surface area contributed by atoms with Crippen LogP contribution in [0.4, 0.5) is 5.69 Å². The number of amides is 2. The number of aromatic nitrogens is 3. The van der Waals surface area contributed by atoms with E-state index in [4.69, 9.17) is 4.74 Å². The molecular weight excluding hydrogens is 592 g/mol. The monoisotopic (exact) mass is 620 g/mol. The molecule has 4 N–H and O–H groups in total. The maximum Gasteiger partial charge on any atom is 0.261 e. The van der Waals surface area contributed by atoms with Crippen LogP contribution >= 0.6 is 15.9 Å². The van der Waals surface area contributed by atoms with Gasteiger partial charge in [-0.1, -0.05) is 22.0 Å². The average Bonchev–Trinajstić information content (AvgIpc) is 3.47. The molecule has 2 aliphatic heterocycles. The fourth-order valence-electron chi connectivity index (χ4n) is 5.36. The Bertz CT molecular complexity index is 1640. The quantitative estimate of drug-likeness (QED) is 0.220. The number of imidazole rings is 1. The van der Waals surface area contributed by atoms with E-state index in [9.17, 15) is 19.5 Å². The number of aliphatic hydroxyl groups excluding tert-OH is 1. The van der Waals surface area contributed by atoms with Crippen molar-refractivity contribution < 1.29 is 19.4 Å². The van der Waals surface area contributed by atoms with Crippen LogP contribution in [-0.2, 0) is 0 Å². The number of pyridine rings is 1. The Balaban J connectivity index is 1.21. The van der Waals surface area contributed by atoms with Crippen LogP contribution in [0, 0.1) is 0 Å². The van der Waals surface area contributed by atoms with Gasteiger partial charge in [-0.3, -0.25) is 19.3 Å². The molecule has 2 aromatic carbocycles. The van der Waals surface area contributed by atoms with E-state index < -0.39 is 6.10 Å². The molecule has 0 aliphatic carbocycles. The highest BCUT2D eigenvalue weighted by atomic mass is 79.9. The fourth-order valence-corrected chi connectivity index (χ4v) is 5.74. The molecular formula is C29H29BrN6O5. The van der Waals surface area contributed by atoms with E-state index >= 15 is 0 Å². The Kier molecular flexibility index (Phi) is 7.37. The van der Waals surface area contributed by atoms with Crippen LogP contribution < -0.4 is 15.6 Å². The number of nitrogens with one attached hydrogen (secondary N) is 3. The molecule has 2 amide bonds. The van der Waals surface area contributed by atoms with Crippen LogP contribution in [-0.4, -0.2) is 87.1 Å². The first-order chi connectivity index (χ1) is 19.8. The van der Waals surface area contributed by atoms with Gasteiger partial charge in [-0.15, -0.1) is 0 Å². The summed E-state index contributed by atoms with van der Waals surface area (Å²) in [5.41, 5.74) is 2.00. The van der Waals surface area contributed by atoms with Crippen molar-refractivity contribution in [3.05, 3.63) is 74.6 Å². The third kappa shape index (κ3) is 5.37. The number of hydrogen-bond donors (Lipinski definition) is 4. The molecule has 1 fully saturated rings. The highest BCUT2D eigenvalue weighted by Crippen LogP contribution is 2.32. The van der Waals surface area contributed by atoms with Crippen molar-refractivity contribution in [1.82, 2.24) is 24.8 Å². The summed E-state index contributed by atoms with van der Waals surface area (Å²) in [4.78, 5) is 53.4. The van der Waals surface area contributed by atoms with E-state index in [1.807, 2.05) is 19.2 Å². The molecule has 4 heterocycles. The first kappa shape index (κ1) is 27.2. The number of piperidine rings is 1. The number of halogens is 1. The number of aromatic amines is 2. The lowest BCUT2D eigenvalue weighted by atomic mass is 10.0. The van der Waals surface area contributed by atoms with E-state index in [1.165, 1.54) is 11.1 Å². The first-order valence-electron chi connectivity index (χ1n) is 13.4. The predicted molar refractivity (Wildman–Crippen MR) is 157 cm³/mol. The zero-order valence-corrected chi connectivity index (χ0v) is 23.9. The highest BCUT2D eigenvalue weighted by molar-refractivity contribution is 9.10. The summed E-state index contributed by atoms with van der Waals surface area (Å²) in [7, 11) is 2.03. The normalized spacial score (nSPS) is 16.8. The number of fused-ring (bicyclic) bond motifs is 2. The number of carbonyl (C=O) groups excluding carboxylic acids is 2. The van der Waals surface area contributed by atoms with Crippen LogP contribution in [0.15, 0.2) is 57.9 Å². The summed E-state index contributed by atoms with van der Waals surface area (Å²) < 4.78 is 6.53. The summed E-state index contributed by atoms with van der Waals surface area (Å²) >= 11 is 3.39. The van der Waals surface area contributed by atoms with E-state index in [-0.39, 0.29) is 48.0 Å². The van der Waals surface area contributed by atoms with Crippen molar-refractivity contribution >= 4 is 44.5 Å². The Morgan fingerprint density at radius 3 is 2.63 bits per heavy atom. The second kappa shape index (κ2) is 11.1. The number of anilines is 1. The van der Waals surface area contributed by atoms with Gasteiger partial charge in [0, 0.05) is 23.3 Å². The molecule has 0 spiro atoms. The lowest BCUT2D eigenvalue weighted by Crippen LogP contribution is -2.46. The third-order valence-corrected chi connectivity index (χ3v) is 8.03. The molecule has 0 bridgehead atoms. The van der Waals surface area contributed by atoms with Gasteiger partial charge in [0.25, 0.3) is 17.4 Å². The Morgan fingerprint density at radius 2 is 1.88 bits per heavy atom. The standard InChI is InChI=1S/C29H29BrN6O5/c1-35-9-6-17(7-10-35)36-28(39)20-12-23-24(13-21(20)29(36)40)34-26(33-23)25-22(5-8-31-27(25)38)32-14-18(37)15-41-19-4-2-3-16(30)11-19/h2-5,8,11-13,17-18,37H,6-7,9-10,14-15H2,1H3,(H,33,34)(H2,31,32,38). The maximum absolute atomic E-state index is 13.3. The second-order valence-electron chi connectivity index (χ2n) is 10.4. The van der Waals surface area contributed by atoms with Crippen molar-refractivity contribution in [2.24, 2.45) is 0 Å². The maximum atomic E-state index is 13.3. The Hall–Kier alpha value is -4.00. The van der Waals surface area contributed by atoms with Gasteiger partial charge >= 0.3 is 0 Å². The number of likely N-dealkylation sites (tertiary alicyclic amines) is 1. The topological polar surface area (TPSA) is 144 Å². The molecule has 4 aromatic rings. The van der Waals surface area contributed by atoms with Crippen molar-refractivity contribution in [3.63, 3.8) is 0 Å². The van der Waals surface area contributed by atoms with E-state index in [0.717, 1.165) is 30.4 Å². The fraction of sp³-hybridized carbons (Fsp3) is 0.310. The van der Waals surface area contributed by atoms with Gasteiger partial charge in [-0.05, 0) is 69.4 Å². The second-order valence-corrected chi connectivity index (χ2v) is 11.3. The highest BCUT2D eigenvalue weighted by Gasteiger charge is 2.41. The van der Waals surface area contributed by atoms with E-state index in [0.29, 0.717) is 33.6 Å². The van der Waals surface area contributed by atoms with Gasteiger partial charge in [-0.2, -0.15) is 0 Å². The molecule has 11 nitrogen and oxygen atoms in total. The van der Waals surface area contributed by atoms with Crippen LogP contribution in [0.25, 0.3) is 22.4 Å². The van der Waals surface area contributed by atoms with Crippen molar-refractivity contribution in [2.75, 3.05) is 38.6 Å². The zero-order chi connectivity index (χ0) is 28.7. The van der Waals surface area contributed by atoms with Gasteiger partial charge in [0.1, 0.15) is 29.8 Å². The lowest BCUT2D eigenvalue weighted by Gasteiger charge is -2.33. The number of carbonyl (C=O) groups is 2. The van der Waals surface area contributed by atoms with Crippen molar-refractivity contribution in [3.8, 4) is 17.1 Å². The number of rotatable bonds is 8. The predicted octanol–water partition coefficient (Wildman–Crippen LogP) is 3.22. The number of imide groups is 1. The summed E-state index contributed by atoms with van der Waals surface area (Å²) in [6.07, 6.45) is 2.15. The summed E-state index contributed by atoms with van der Waals surface area (Å²) in [5, 5.41) is 13.6. The molecule has 0 saturated carbocycles. The van der Waals surface area contributed by atoms with Gasteiger partial charge < -0.3 is 30.0 Å². The zero-order valence-electron chi connectivity index (χ0n) is 22.3. The van der Waals surface area contributed by atoms with Crippen molar-refractivity contribution in [2.45, 2.75) is 25.0 Å². The lowest BCUT2D eigenvalue weighted by molar-refractivity contribution is 0.0516. The molecule has 6 rings (SSSR count). The SMILES string of the molecule is CN1CCC(N2C(=O)c3cc4nc(-c5c(NCC(O)COc6cccc(Br)c6)cc[nH]c5=O)[nH]c4cc3C2=O)CC1. The minimum Gasteiger partial charge on any atom is -0.491 e. The molecule has 1 unspecified atom stereocenters. The minimum absolute atomic E-state index is 0.0504. The summed E-state index contributed by atoms with van der Waals surface area (Å²) in [6.45, 7) is 1.84. The largest absolute Gasteiger partial charge is 0.491 e. The number of nitrogens with zero attached hydrogens (tertiary/aromatic N) is 3. The number of aliphatic hydroxyl groups is 1.